The predicted molar refractivity (Wildman–Crippen MR) is 57.6 cm³/mol. The van der Waals surface area contributed by atoms with Gasteiger partial charge in [0.25, 0.3) is 0 Å². The molecule has 1 aliphatic heterocycles. The Balaban J connectivity index is 2.62. The van der Waals surface area contributed by atoms with Gasteiger partial charge in [-0.1, -0.05) is 12.2 Å². The number of sulfonamides is 1. The largest absolute Gasteiger partial charge is 0.312 e. The molecule has 0 saturated carbocycles. The van der Waals surface area contributed by atoms with Crippen molar-refractivity contribution >= 4 is 10.0 Å². The molecule has 0 aliphatic carbocycles. The van der Waals surface area contributed by atoms with E-state index >= 15 is 0 Å². The molecule has 0 amide bonds. The molecule has 0 unspecified atom stereocenters. The van der Waals surface area contributed by atoms with Crippen LogP contribution in [0.5, 0.6) is 0 Å². The van der Waals surface area contributed by atoms with Crippen LogP contribution >= 0.6 is 0 Å². The Hall–Kier alpha value is -0.390. The molecular weight excluding hydrogens is 200 g/mol. The fourth-order valence-electron chi connectivity index (χ4n) is 1.47. The van der Waals surface area contributed by atoms with Gasteiger partial charge < -0.3 is 5.32 Å². The third kappa shape index (κ3) is 3.08. The van der Waals surface area contributed by atoms with Crippen LogP contribution in [-0.2, 0) is 10.0 Å². The molecule has 1 rings (SSSR count). The van der Waals surface area contributed by atoms with Crippen LogP contribution in [0.25, 0.3) is 0 Å². The molecule has 0 spiro atoms. The summed E-state index contributed by atoms with van der Waals surface area (Å²) in [6.45, 7) is 5.74. The molecular formula is C9H18N2O2S. The first kappa shape index (κ1) is 11.7. The Bertz CT molecular complexity index is 298. The van der Waals surface area contributed by atoms with Crippen LogP contribution in [0.4, 0.5) is 0 Å². The van der Waals surface area contributed by atoms with Gasteiger partial charge in [-0.3, -0.25) is 0 Å². The fourth-order valence-corrected chi connectivity index (χ4v) is 2.94. The fraction of sp³-hybridized carbons (Fsp3) is 0.778. The highest BCUT2D eigenvalue weighted by Gasteiger charge is 2.25. The first-order valence-electron chi connectivity index (χ1n) is 4.88. The average Bonchev–Trinajstić information content (AvgIpc) is 2.15. The topological polar surface area (TPSA) is 49.4 Å². The lowest BCUT2D eigenvalue weighted by molar-refractivity contribution is 0.311. The number of nitrogens with one attached hydrogen (secondary N) is 1. The van der Waals surface area contributed by atoms with Crippen LogP contribution < -0.4 is 5.32 Å². The highest BCUT2D eigenvalue weighted by atomic mass is 32.2. The molecule has 4 nitrogen and oxygen atoms in total. The molecule has 82 valence electrons. The summed E-state index contributed by atoms with van der Waals surface area (Å²) in [7, 11) is -3.07. The first-order valence-corrected chi connectivity index (χ1v) is 6.49. The lowest BCUT2D eigenvalue weighted by Crippen LogP contribution is -2.51. The van der Waals surface area contributed by atoms with Crippen molar-refractivity contribution in [3.05, 3.63) is 12.2 Å². The normalized spacial score (nSPS) is 25.7. The van der Waals surface area contributed by atoms with E-state index in [1.165, 1.54) is 0 Å². The van der Waals surface area contributed by atoms with E-state index < -0.39 is 10.0 Å². The Morgan fingerprint density at radius 1 is 1.57 bits per heavy atom. The van der Waals surface area contributed by atoms with E-state index in [-0.39, 0.29) is 11.8 Å². The van der Waals surface area contributed by atoms with Gasteiger partial charge in [0.1, 0.15) is 0 Å². The second kappa shape index (κ2) is 4.91. The Morgan fingerprint density at radius 3 is 2.86 bits per heavy atom. The minimum atomic E-state index is -3.07. The van der Waals surface area contributed by atoms with E-state index in [1.54, 1.807) is 16.5 Å². The molecule has 14 heavy (non-hydrogen) atoms. The molecule has 0 aromatic rings. The van der Waals surface area contributed by atoms with Crippen LogP contribution in [0.2, 0.25) is 0 Å². The molecule has 5 heteroatoms. The van der Waals surface area contributed by atoms with Gasteiger partial charge in [-0.2, -0.15) is 4.31 Å². The van der Waals surface area contributed by atoms with Crippen molar-refractivity contribution in [2.45, 2.75) is 19.9 Å². The lowest BCUT2D eigenvalue weighted by Gasteiger charge is -2.30. The van der Waals surface area contributed by atoms with Gasteiger partial charge >= 0.3 is 0 Å². The summed E-state index contributed by atoms with van der Waals surface area (Å²) in [6, 6.07) is 0.254. The van der Waals surface area contributed by atoms with E-state index in [2.05, 4.69) is 5.32 Å². The quantitative estimate of drug-likeness (QED) is 0.688. The zero-order valence-electron chi connectivity index (χ0n) is 8.73. The van der Waals surface area contributed by atoms with Crippen LogP contribution in [0.3, 0.4) is 0 Å². The molecule has 1 aliphatic rings. The second-order valence-corrected chi connectivity index (χ2v) is 5.57. The predicted octanol–water partition coefficient (Wildman–Crippen LogP) is 0.186. The SMILES string of the molecule is C/C=C/CS(=O)(=O)N1CCN[C@@H](C)C1. The highest BCUT2D eigenvalue weighted by molar-refractivity contribution is 7.89. The van der Waals surface area contributed by atoms with Crippen molar-refractivity contribution in [1.29, 1.82) is 0 Å². The molecule has 0 radical (unpaired) electrons. The van der Waals surface area contributed by atoms with Gasteiger partial charge in [-0.15, -0.1) is 0 Å². The van der Waals surface area contributed by atoms with Crippen molar-refractivity contribution in [3.8, 4) is 0 Å². The molecule has 0 aromatic heterocycles. The number of allylic oxidation sites excluding steroid dienone is 1. The van der Waals surface area contributed by atoms with E-state index in [9.17, 15) is 8.42 Å². The summed E-state index contributed by atoms with van der Waals surface area (Å²) in [5.41, 5.74) is 0. The monoisotopic (exact) mass is 218 g/mol. The first-order chi connectivity index (χ1) is 6.56. The van der Waals surface area contributed by atoms with Gasteiger partial charge in [0.15, 0.2) is 0 Å². The number of rotatable bonds is 3. The number of hydrogen-bond acceptors (Lipinski definition) is 3. The smallest absolute Gasteiger partial charge is 0.217 e. The van der Waals surface area contributed by atoms with E-state index in [0.29, 0.717) is 13.1 Å². The Morgan fingerprint density at radius 2 is 2.29 bits per heavy atom. The Kier molecular flexibility index (Phi) is 4.10. The maximum Gasteiger partial charge on any atom is 0.217 e. The van der Waals surface area contributed by atoms with Gasteiger partial charge in [-0.25, -0.2) is 8.42 Å². The molecule has 1 fully saturated rings. The molecule has 1 saturated heterocycles. The zero-order chi connectivity index (χ0) is 10.6. The minimum Gasteiger partial charge on any atom is -0.312 e. The van der Waals surface area contributed by atoms with Crippen LogP contribution in [0.15, 0.2) is 12.2 Å². The second-order valence-electron chi connectivity index (χ2n) is 3.56. The van der Waals surface area contributed by atoms with Gasteiger partial charge in [-0.05, 0) is 13.8 Å². The third-order valence-corrected chi connectivity index (χ3v) is 4.00. The molecule has 1 heterocycles. The lowest BCUT2D eigenvalue weighted by atomic mass is 10.3. The summed E-state index contributed by atoms with van der Waals surface area (Å²) >= 11 is 0. The average molecular weight is 218 g/mol. The van der Waals surface area contributed by atoms with E-state index in [0.717, 1.165) is 6.54 Å². The van der Waals surface area contributed by atoms with Crippen molar-refractivity contribution in [3.63, 3.8) is 0 Å². The minimum absolute atomic E-state index is 0.121. The highest BCUT2D eigenvalue weighted by Crippen LogP contribution is 2.06. The number of nitrogens with zero attached hydrogens (tertiary/aromatic N) is 1. The zero-order valence-corrected chi connectivity index (χ0v) is 9.55. The molecule has 1 N–H and O–H groups in total. The molecule has 1 atom stereocenters. The van der Waals surface area contributed by atoms with Gasteiger partial charge in [0.05, 0.1) is 5.75 Å². The third-order valence-electron chi connectivity index (χ3n) is 2.27. The van der Waals surface area contributed by atoms with E-state index in [1.807, 2.05) is 13.8 Å². The number of hydrogen-bond donors (Lipinski definition) is 1. The summed E-state index contributed by atoms with van der Waals surface area (Å²) in [5.74, 6) is 0.121. The Labute approximate surface area is 86.0 Å². The van der Waals surface area contributed by atoms with Crippen LogP contribution in [-0.4, -0.2) is 44.2 Å². The van der Waals surface area contributed by atoms with E-state index in [4.69, 9.17) is 0 Å². The molecule has 0 bridgehead atoms. The van der Waals surface area contributed by atoms with Crippen molar-refractivity contribution in [2.24, 2.45) is 0 Å². The van der Waals surface area contributed by atoms with Crippen LogP contribution in [0.1, 0.15) is 13.8 Å². The summed E-state index contributed by atoms with van der Waals surface area (Å²) < 4.78 is 25.0. The summed E-state index contributed by atoms with van der Waals surface area (Å²) in [5, 5.41) is 3.22. The van der Waals surface area contributed by atoms with Crippen molar-refractivity contribution in [1.82, 2.24) is 9.62 Å². The van der Waals surface area contributed by atoms with Gasteiger partial charge in [0, 0.05) is 25.7 Å². The summed E-state index contributed by atoms with van der Waals surface area (Å²) in [4.78, 5) is 0. The van der Waals surface area contributed by atoms with Crippen molar-refractivity contribution in [2.75, 3.05) is 25.4 Å². The molecule has 0 aromatic carbocycles. The number of piperazine rings is 1. The summed E-state index contributed by atoms with van der Waals surface area (Å²) in [6.07, 6.45) is 3.45. The maximum atomic E-state index is 11.7. The maximum absolute atomic E-state index is 11.7. The van der Waals surface area contributed by atoms with Crippen molar-refractivity contribution < 1.29 is 8.42 Å². The standard InChI is InChI=1S/C9H18N2O2S/c1-3-4-7-14(12,13)11-6-5-10-9(2)8-11/h3-4,9-10H,5-8H2,1-2H3/b4-3+/t9-/m0/s1. The van der Waals surface area contributed by atoms with Gasteiger partial charge in [0.2, 0.25) is 10.0 Å². The van der Waals surface area contributed by atoms with Crippen LogP contribution in [0, 0.1) is 0 Å².